The Kier molecular flexibility index (Phi) is 6.53. The topological polar surface area (TPSA) is 113 Å². The Balaban J connectivity index is 0.00000149. The lowest BCUT2D eigenvalue weighted by atomic mass is 9.94. The third-order valence-electron chi connectivity index (χ3n) is 5.19. The highest BCUT2D eigenvalue weighted by molar-refractivity contribution is 5.97. The van der Waals surface area contributed by atoms with E-state index in [4.69, 9.17) is 9.15 Å². The van der Waals surface area contributed by atoms with E-state index in [0.717, 1.165) is 17.8 Å². The number of rotatable bonds is 3. The predicted octanol–water partition coefficient (Wildman–Crippen LogP) is 5.28. The van der Waals surface area contributed by atoms with Crippen LogP contribution in [0.5, 0.6) is 17.2 Å². The van der Waals surface area contributed by atoms with Crippen LogP contribution in [0.2, 0.25) is 0 Å². The zero-order valence-electron chi connectivity index (χ0n) is 19.7. The summed E-state index contributed by atoms with van der Waals surface area (Å²) in [5.74, 6) is -0.197. The van der Waals surface area contributed by atoms with Crippen LogP contribution in [0.3, 0.4) is 0 Å². The Labute approximate surface area is 191 Å². The molecular weight excluding hydrogens is 422 g/mol. The summed E-state index contributed by atoms with van der Waals surface area (Å²) in [4.78, 5) is 27.9. The van der Waals surface area contributed by atoms with Gasteiger partial charge in [0.05, 0.1) is 16.8 Å². The van der Waals surface area contributed by atoms with E-state index in [0.29, 0.717) is 23.3 Å². The average Bonchev–Trinajstić information content (AvgIpc) is 2.76. The average molecular weight is 452 g/mol. The summed E-state index contributed by atoms with van der Waals surface area (Å²) >= 11 is 0. The lowest BCUT2D eigenvalue weighted by Crippen LogP contribution is -2.28. The minimum Gasteiger partial charge on any atom is -0.507 e. The molecule has 0 bridgehead atoms. The molecule has 0 atom stereocenters. The maximum Gasteiger partial charge on any atom is 0.223 e. The maximum absolute atomic E-state index is 13.4. The molecule has 0 radical (unpaired) electrons. The number of fused-ring (bicyclic) bond motifs is 3. The summed E-state index contributed by atoms with van der Waals surface area (Å²) in [5, 5.41) is 20.6. The molecule has 1 aliphatic rings. The number of nitrogens with one attached hydrogen (secondary N) is 1. The Bertz CT molecular complexity index is 1380. The molecule has 1 aromatic carbocycles. The van der Waals surface area contributed by atoms with Crippen LogP contribution in [-0.2, 0) is 6.42 Å². The summed E-state index contributed by atoms with van der Waals surface area (Å²) in [6, 6.07) is 1.11. The summed E-state index contributed by atoms with van der Waals surface area (Å²) in [6.45, 7) is 11.7. The molecule has 174 valence electrons. The number of aromatic nitrogens is 1. The molecule has 1 aliphatic heterocycles. The summed E-state index contributed by atoms with van der Waals surface area (Å²) < 4.78 is 11.9. The van der Waals surface area contributed by atoms with Gasteiger partial charge in [-0.25, -0.2) is 0 Å². The number of ether oxygens (including phenoxy) is 1. The molecule has 0 spiro atoms. The number of hydrogen-bond donors (Lipinski definition) is 3. The number of aromatic hydroxyl groups is 2. The summed E-state index contributed by atoms with van der Waals surface area (Å²) in [7, 11) is 0. The zero-order valence-corrected chi connectivity index (χ0v) is 19.7. The quantitative estimate of drug-likeness (QED) is 0.467. The number of phenolic OH excluding ortho intramolecular Hbond substituents is 1. The Morgan fingerprint density at radius 1 is 1.18 bits per heavy atom. The third kappa shape index (κ3) is 4.44. The molecule has 33 heavy (non-hydrogen) atoms. The largest absolute Gasteiger partial charge is 0.507 e. The van der Waals surface area contributed by atoms with Crippen LogP contribution in [0, 0.1) is 0 Å². The molecule has 0 fully saturated rings. The van der Waals surface area contributed by atoms with Crippen LogP contribution in [-0.4, -0.2) is 20.8 Å². The molecule has 2 aromatic heterocycles. The highest BCUT2D eigenvalue weighted by Gasteiger charge is 2.30. The van der Waals surface area contributed by atoms with Gasteiger partial charge in [0.15, 0.2) is 11.3 Å². The fraction of sp³-hybridized carbons (Fsp3) is 0.308. The van der Waals surface area contributed by atoms with Gasteiger partial charge in [0, 0.05) is 17.8 Å². The number of hydrogen-bond acceptors (Lipinski definition) is 6. The van der Waals surface area contributed by atoms with E-state index >= 15 is 0 Å². The highest BCUT2D eigenvalue weighted by Crippen LogP contribution is 2.44. The van der Waals surface area contributed by atoms with E-state index in [2.05, 4.69) is 4.98 Å². The van der Waals surface area contributed by atoms with Gasteiger partial charge in [-0.1, -0.05) is 25.5 Å². The molecule has 3 aromatic rings. The standard InChI is InChI=1S/C24H23NO6.C2H6/c1-12(2)5-6-13-20(28)19-21(29)15(16-9-17(26)18(27)10-25-16)11-30-23(19)14-7-8-24(3,4)31-22(13)14;1-2/h5,7-11,27-28H,6H2,1-4H3,(H,25,26);1-2H3. The number of allylic oxidation sites excluding steroid dienone is 2. The first-order chi connectivity index (χ1) is 15.6. The van der Waals surface area contributed by atoms with Crippen LogP contribution in [0.15, 0.2) is 50.3 Å². The van der Waals surface area contributed by atoms with Crippen molar-refractivity contribution in [3.8, 4) is 28.5 Å². The molecule has 4 rings (SSSR count). The molecule has 0 aliphatic carbocycles. The second kappa shape index (κ2) is 9.02. The van der Waals surface area contributed by atoms with Crippen molar-refractivity contribution in [2.24, 2.45) is 0 Å². The number of H-pyrrole nitrogens is 1. The molecule has 0 unspecified atom stereocenters. The van der Waals surface area contributed by atoms with Gasteiger partial charge in [0.25, 0.3) is 0 Å². The Morgan fingerprint density at radius 2 is 1.88 bits per heavy atom. The minimum absolute atomic E-state index is 0.00952. The Hall–Kier alpha value is -3.74. The van der Waals surface area contributed by atoms with Crippen molar-refractivity contribution in [3.05, 3.63) is 67.8 Å². The van der Waals surface area contributed by atoms with E-state index in [1.807, 2.05) is 59.8 Å². The maximum atomic E-state index is 13.4. The van der Waals surface area contributed by atoms with E-state index in [1.54, 1.807) is 0 Å². The smallest absolute Gasteiger partial charge is 0.223 e. The molecule has 7 heteroatoms. The van der Waals surface area contributed by atoms with Crippen molar-refractivity contribution in [2.45, 2.75) is 53.6 Å². The highest BCUT2D eigenvalue weighted by atomic mass is 16.5. The molecular formula is C26H29NO6. The van der Waals surface area contributed by atoms with Gasteiger partial charge < -0.3 is 24.4 Å². The first-order valence-corrected chi connectivity index (χ1v) is 10.9. The van der Waals surface area contributed by atoms with Crippen molar-refractivity contribution in [1.82, 2.24) is 4.98 Å². The predicted molar refractivity (Wildman–Crippen MR) is 130 cm³/mol. The molecule has 3 heterocycles. The molecule has 0 saturated carbocycles. The van der Waals surface area contributed by atoms with Crippen LogP contribution in [0.1, 0.15) is 52.7 Å². The van der Waals surface area contributed by atoms with Gasteiger partial charge >= 0.3 is 0 Å². The van der Waals surface area contributed by atoms with Crippen LogP contribution in [0.4, 0.5) is 0 Å². The third-order valence-corrected chi connectivity index (χ3v) is 5.19. The first-order valence-electron chi connectivity index (χ1n) is 10.9. The number of aromatic amines is 1. The van der Waals surface area contributed by atoms with E-state index in [9.17, 15) is 19.8 Å². The van der Waals surface area contributed by atoms with Crippen molar-refractivity contribution in [1.29, 1.82) is 0 Å². The van der Waals surface area contributed by atoms with E-state index in [1.165, 1.54) is 6.26 Å². The molecule has 0 saturated heterocycles. The first kappa shape index (κ1) is 23.9. The second-order valence-corrected chi connectivity index (χ2v) is 8.37. The fourth-order valence-electron chi connectivity index (χ4n) is 3.56. The zero-order chi connectivity index (χ0) is 24.5. The van der Waals surface area contributed by atoms with Gasteiger partial charge in [-0.05, 0) is 46.3 Å². The second-order valence-electron chi connectivity index (χ2n) is 8.37. The lowest BCUT2D eigenvalue weighted by molar-refractivity contribution is 0.157. The van der Waals surface area contributed by atoms with Gasteiger partial charge in [-0.2, -0.15) is 0 Å². The summed E-state index contributed by atoms with van der Waals surface area (Å²) in [5.41, 5.74) is 0.848. The SMILES string of the molecule is CC.CC(C)=CCc1c2c(c3occ(-c4cc(=O)c(O)c[nH]4)c(=O)c3c1O)C=CC(C)(C)O2. The van der Waals surface area contributed by atoms with Gasteiger partial charge in [0.2, 0.25) is 10.9 Å². The number of benzene rings is 1. The van der Waals surface area contributed by atoms with Crippen molar-refractivity contribution in [2.75, 3.05) is 0 Å². The Morgan fingerprint density at radius 3 is 2.52 bits per heavy atom. The van der Waals surface area contributed by atoms with Crippen molar-refractivity contribution >= 4 is 17.0 Å². The number of phenols is 1. The monoisotopic (exact) mass is 451 g/mol. The summed E-state index contributed by atoms with van der Waals surface area (Å²) in [6.07, 6.45) is 8.34. The number of pyridine rings is 1. The fourth-order valence-corrected chi connectivity index (χ4v) is 3.56. The molecule has 0 amide bonds. The van der Waals surface area contributed by atoms with Gasteiger partial charge in [-0.15, -0.1) is 0 Å². The normalized spacial score (nSPS) is 13.5. The van der Waals surface area contributed by atoms with Gasteiger partial charge in [0.1, 0.15) is 28.7 Å². The van der Waals surface area contributed by atoms with E-state index < -0.39 is 22.2 Å². The van der Waals surface area contributed by atoms with Crippen LogP contribution < -0.4 is 15.6 Å². The van der Waals surface area contributed by atoms with E-state index in [-0.39, 0.29) is 28.0 Å². The van der Waals surface area contributed by atoms with Crippen LogP contribution in [0.25, 0.3) is 28.3 Å². The van der Waals surface area contributed by atoms with Crippen molar-refractivity contribution < 1.29 is 19.4 Å². The lowest BCUT2D eigenvalue weighted by Gasteiger charge is -2.30. The van der Waals surface area contributed by atoms with Crippen molar-refractivity contribution in [3.63, 3.8) is 0 Å². The van der Waals surface area contributed by atoms with Crippen LogP contribution >= 0.6 is 0 Å². The molecule has 3 N–H and O–H groups in total. The molecule has 7 nitrogen and oxygen atoms in total. The minimum atomic E-state index is -0.634. The van der Waals surface area contributed by atoms with Gasteiger partial charge in [-0.3, -0.25) is 9.59 Å².